The van der Waals surface area contributed by atoms with E-state index in [0.29, 0.717) is 5.56 Å². The molecule has 0 amide bonds. The van der Waals surface area contributed by atoms with Crippen LogP contribution in [0, 0.1) is 0 Å². The molecule has 5 nitrogen and oxygen atoms in total. The van der Waals surface area contributed by atoms with E-state index in [0.717, 1.165) is 5.56 Å². The number of guanidine groups is 1. The molecule has 1 aromatic rings. The Morgan fingerprint density at radius 1 is 1.29 bits per heavy atom. The van der Waals surface area contributed by atoms with Gasteiger partial charge in [0.25, 0.3) is 0 Å². The molecular weight excluding hydrogens is 216 g/mol. The van der Waals surface area contributed by atoms with Crippen LogP contribution in [-0.4, -0.2) is 17.3 Å². The number of benzene rings is 1. The molecule has 17 heavy (non-hydrogen) atoms. The molecule has 0 bridgehead atoms. The van der Waals surface area contributed by atoms with Crippen molar-refractivity contribution in [3.05, 3.63) is 29.3 Å². The van der Waals surface area contributed by atoms with E-state index in [4.69, 9.17) is 11.5 Å². The van der Waals surface area contributed by atoms with Gasteiger partial charge in [0.15, 0.2) is 0 Å². The average molecular weight is 234 g/mol. The molecule has 0 heterocycles. The molecule has 0 unspecified atom stereocenters. The fraction of sp³-hybridized carbons (Fsp3) is 0.333. The minimum atomic E-state index is -0.135. The smallest absolute Gasteiger partial charge is 0.211 e. The lowest BCUT2D eigenvalue weighted by atomic mass is 9.85. The normalized spacial score (nSPS) is 11.7. The Kier molecular flexibility index (Phi) is 3.73. The van der Waals surface area contributed by atoms with Gasteiger partial charge in [-0.25, -0.2) is 0 Å². The molecule has 0 saturated heterocycles. The number of aromatic hydroxyl groups is 1. The molecular formula is C12H18N4O. The van der Waals surface area contributed by atoms with E-state index in [2.05, 4.69) is 10.2 Å². The summed E-state index contributed by atoms with van der Waals surface area (Å²) in [6, 6.07) is 5.49. The minimum absolute atomic E-state index is 0.118. The van der Waals surface area contributed by atoms with Crippen LogP contribution in [0.3, 0.4) is 0 Å². The van der Waals surface area contributed by atoms with Gasteiger partial charge in [0.05, 0.1) is 6.21 Å². The van der Waals surface area contributed by atoms with Crippen LogP contribution in [0.1, 0.15) is 31.9 Å². The molecule has 5 N–H and O–H groups in total. The Labute approximate surface area is 101 Å². The van der Waals surface area contributed by atoms with Crippen molar-refractivity contribution >= 4 is 12.2 Å². The van der Waals surface area contributed by atoms with Gasteiger partial charge in [0.2, 0.25) is 5.96 Å². The Morgan fingerprint density at radius 2 is 1.94 bits per heavy atom. The maximum atomic E-state index is 10.1. The highest BCUT2D eigenvalue weighted by Crippen LogP contribution is 2.32. The van der Waals surface area contributed by atoms with E-state index in [1.165, 1.54) is 6.21 Å². The Hall–Kier alpha value is -2.04. The van der Waals surface area contributed by atoms with E-state index in [9.17, 15) is 5.11 Å². The number of nitrogens with two attached hydrogens (primary N) is 2. The topological polar surface area (TPSA) is 97.0 Å². The van der Waals surface area contributed by atoms with Gasteiger partial charge in [-0.15, -0.1) is 5.10 Å². The largest absolute Gasteiger partial charge is 0.507 e. The predicted molar refractivity (Wildman–Crippen MR) is 70.2 cm³/mol. The first-order valence-electron chi connectivity index (χ1n) is 5.27. The Balaban J connectivity index is 3.12. The zero-order chi connectivity index (χ0) is 13.1. The summed E-state index contributed by atoms with van der Waals surface area (Å²) in [6.07, 6.45) is 1.42. The monoisotopic (exact) mass is 234 g/mol. The third kappa shape index (κ3) is 3.48. The van der Waals surface area contributed by atoms with Crippen molar-refractivity contribution in [3.8, 4) is 5.75 Å². The van der Waals surface area contributed by atoms with E-state index in [-0.39, 0.29) is 17.1 Å². The standard InChI is InChI=1S/C12H18N4O/c1-12(2,3)9-6-4-5-8(10(9)17)7-15-16-11(13)14/h4-7,17H,1-3H3,(H4,13,14,16). The third-order valence-corrected chi connectivity index (χ3v) is 2.25. The molecule has 0 aliphatic rings. The van der Waals surface area contributed by atoms with Crippen molar-refractivity contribution in [2.75, 3.05) is 0 Å². The van der Waals surface area contributed by atoms with E-state index in [1.807, 2.05) is 32.9 Å². The van der Waals surface area contributed by atoms with Crippen LogP contribution in [0.5, 0.6) is 5.75 Å². The number of phenols is 1. The van der Waals surface area contributed by atoms with Crippen LogP contribution in [0.15, 0.2) is 28.4 Å². The highest BCUT2D eigenvalue weighted by molar-refractivity contribution is 5.85. The summed E-state index contributed by atoms with van der Waals surface area (Å²) in [6.45, 7) is 6.08. The van der Waals surface area contributed by atoms with Crippen molar-refractivity contribution in [3.63, 3.8) is 0 Å². The molecule has 92 valence electrons. The SMILES string of the molecule is CC(C)(C)c1cccc(C=NN=C(N)N)c1O. The highest BCUT2D eigenvalue weighted by atomic mass is 16.3. The molecule has 0 spiro atoms. The lowest BCUT2D eigenvalue weighted by Gasteiger charge is -2.20. The van der Waals surface area contributed by atoms with Crippen molar-refractivity contribution in [1.29, 1.82) is 0 Å². The third-order valence-electron chi connectivity index (χ3n) is 2.25. The quantitative estimate of drug-likeness (QED) is 0.408. The molecule has 0 atom stereocenters. The highest BCUT2D eigenvalue weighted by Gasteiger charge is 2.18. The first-order valence-corrected chi connectivity index (χ1v) is 5.27. The summed E-state index contributed by atoms with van der Waals surface area (Å²) in [4.78, 5) is 0. The summed E-state index contributed by atoms with van der Waals surface area (Å²) in [5.74, 6) is 0.0854. The molecule has 0 aliphatic heterocycles. The molecule has 5 heteroatoms. The lowest BCUT2D eigenvalue weighted by molar-refractivity contribution is 0.446. The summed E-state index contributed by atoms with van der Waals surface area (Å²) in [5.41, 5.74) is 11.6. The number of para-hydroxylation sites is 1. The van der Waals surface area contributed by atoms with Crippen LogP contribution < -0.4 is 11.5 Å². The van der Waals surface area contributed by atoms with Gasteiger partial charge in [0.1, 0.15) is 5.75 Å². The molecule has 0 aromatic heterocycles. The second-order valence-electron chi connectivity index (χ2n) is 4.76. The van der Waals surface area contributed by atoms with Crippen LogP contribution in [0.4, 0.5) is 0 Å². The molecule has 0 saturated carbocycles. The van der Waals surface area contributed by atoms with E-state index < -0.39 is 0 Å². The van der Waals surface area contributed by atoms with Gasteiger partial charge in [-0.05, 0) is 17.0 Å². The first kappa shape index (κ1) is 13.0. The number of nitrogens with zero attached hydrogens (tertiary/aromatic N) is 2. The molecule has 1 rings (SSSR count). The summed E-state index contributed by atoms with van der Waals surface area (Å²) in [5, 5.41) is 17.2. The molecule has 0 fully saturated rings. The Bertz CT molecular complexity index is 454. The zero-order valence-electron chi connectivity index (χ0n) is 10.3. The number of hydrogen-bond acceptors (Lipinski definition) is 3. The molecule has 0 radical (unpaired) electrons. The average Bonchev–Trinajstić information content (AvgIpc) is 2.18. The minimum Gasteiger partial charge on any atom is -0.507 e. The van der Waals surface area contributed by atoms with E-state index in [1.54, 1.807) is 6.07 Å². The summed E-state index contributed by atoms with van der Waals surface area (Å²) < 4.78 is 0. The van der Waals surface area contributed by atoms with Crippen LogP contribution in [-0.2, 0) is 5.41 Å². The summed E-state index contributed by atoms with van der Waals surface area (Å²) in [7, 11) is 0. The fourth-order valence-electron chi connectivity index (χ4n) is 1.43. The van der Waals surface area contributed by atoms with Crippen LogP contribution in [0.2, 0.25) is 0 Å². The van der Waals surface area contributed by atoms with Gasteiger partial charge in [-0.3, -0.25) is 0 Å². The zero-order valence-corrected chi connectivity index (χ0v) is 10.3. The van der Waals surface area contributed by atoms with Crippen molar-refractivity contribution in [1.82, 2.24) is 0 Å². The van der Waals surface area contributed by atoms with E-state index >= 15 is 0 Å². The fourth-order valence-corrected chi connectivity index (χ4v) is 1.43. The predicted octanol–water partition coefficient (Wildman–Crippen LogP) is 1.30. The van der Waals surface area contributed by atoms with Crippen LogP contribution in [0.25, 0.3) is 0 Å². The Morgan fingerprint density at radius 3 is 2.47 bits per heavy atom. The number of rotatable bonds is 2. The van der Waals surface area contributed by atoms with Crippen molar-refractivity contribution < 1.29 is 5.11 Å². The van der Waals surface area contributed by atoms with Gasteiger partial charge in [-0.2, -0.15) is 5.10 Å². The second kappa shape index (κ2) is 4.86. The molecule has 1 aromatic carbocycles. The van der Waals surface area contributed by atoms with Gasteiger partial charge >= 0.3 is 0 Å². The van der Waals surface area contributed by atoms with Gasteiger partial charge in [-0.1, -0.05) is 32.9 Å². The van der Waals surface area contributed by atoms with Crippen molar-refractivity contribution in [2.45, 2.75) is 26.2 Å². The summed E-state index contributed by atoms with van der Waals surface area (Å²) >= 11 is 0. The van der Waals surface area contributed by atoms with Crippen LogP contribution >= 0.6 is 0 Å². The first-order chi connectivity index (χ1) is 7.82. The number of phenolic OH excluding ortho intramolecular Hbond substituents is 1. The number of hydrogen-bond donors (Lipinski definition) is 3. The second-order valence-corrected chi connectivity index (χ2v) is 4.76. The maximum Gasteiger partial charge on any atom is 0.211 e. The lowest BCUT2D eigenvalue weighted by Crippen LogP contribution is -2.21. The van der Waals surface area contributed by atoms with Gasteiger partial charge in [0, 0.05) is 5.56 Å². The maximum absolute atomic E-state index is 10.1. The van der Waals surface area contributed by atoms with Gasteiger partial charge < -0.3 is 16.6 Å². The molecule has 0 aliphatic carbocycles. The van der Waals surface area contributed by atoms with Crippen molar-refractivity contribution in [2.24, 2.45) is 21.7 Å².